The van der Waals surface area contributed by atoms with E-state index in [2.05, 4.69) is 46.2 Å². The number of aromatic nitrogens is 1. The van der Waals surface area contributed by atoms with Gasteiger partial charge in [0.05, 0.1) is 6.04 Å². The molecule has 10 nitrogen and oxygen atoms in total. The summed E-state index contributed by atoms with van der Waals surface area (Å²) in [7, 11) is 0. The molecule has 0 saturated carbocycles. The van der Waals surface area contributed by atoms with Crippen LogP contribution in [0.3, 0.4) is 0 Å². The van der Waals surface area contributed by atoms with Crippen molar-refractivity contribution in [2.45, 2.75) is 50.9 Å². The first-order valence-electron chi connectivity index (χ1n) is 11.3. The van der Waals surface area contributed by atoms with E-state index in [0.717, 1.165) is 16.5 Å². The number of hydrogen-bond donors (Lipinski definition) is 8. The molecule has 0 aliphatic carbocycles. The topological polar surface area (TPSA) is 166 Å². The van der Waals surface area contributed by atoms with Gasteiger partial charge in [0.15, 0.2) is 0 Å². The minimum Gasteiger partial charge on any atom is -0.480 e. The monoisotopic (exact) mass is 523 g/mol. The number of carbonyl (C=O) groups is 4. The number of benzene rings is 1. The molecule has 1 aromatic carbocycles. The molecule has 0 aliphatic rings. The molecule has 0 spiro atoms. The number of aliphatic carboxylic acids is 1. The highest BCUT2D eigenvalue weighted by Crippen LogP contribution is 2.19. The summed E-state index contributed by atoms with van der Waals surface area (Å²) in [4.78, 5) is 53.3. The molecule has 12 heteroatoms. The van der Waals surface area contributed by atoms with Gasteiger partial charge in [0.2, 0.25) is 17.7 Å². The van der Waals surface area contributed by atoms with Crippen molar-refractivity contribution in [1.82, 2.24) is 20.9 Å². The number of para-hydroxylation sites is 1. The second-order valence-electron chi connectivity index (χ2n) is 8.37. The van der Waals surface area contributed by atoms with E-state index in [9.17, 15) is 24.3 Å². The summed E-state index contributed by atoms with van der Waals surface area (Å²) in [5.74, 6) is -3.34. The molecule has 0 fully saturated rings. The van der Waals surface area contributed by atoms with Gasteiger partial charge in [0.1, 0.15) is 18.1 Å². The van der Waals surface area contributed by atoms with Crippen LogP contribution in [0, 0.1) is 5.92 Å². The molecule has 0 radical (unpaired) electrons. The number of rotatable bonds is 13. The average molecular weight is 524 g/mol. The van der Waals surface area contributed by atoms with E-state index in [1.54, 1.807) is 13.1 Å². The quantitative estimate of drug-likeness (QED) is 0.178. The van der Waals surface area contributed by atoms with Crippen LogP contribution >= 0.6 is 25.3 Å². The molecule has 5 atom stereocenters. The summed E-state index contributed by atoms with van der Waals surface area (Å²) in [6, 6.07) is 3.37. The zero-order valence-corrected chi connectivity index (χ0v) is 21.4. The summed E-state index contributed by atoms with van der Waals surface area (Å²) in [5.41, 5.74) is 7.47. The number of thiol groups is 2. The second kappa shape index (κ2) is 13.4. The van der Waals surface area contributed by atoms with E-state index < -0.39 is 47.9 Å². The number of carbonyl (C=O) groups excluding carboxylic acids is 3. The fraction of sp³-hybridized carbons (Fsp3) is 0.478. The Hall–Kier alpha value is -2.70. The van der Waals surface area contributed by atoms with Crippen molar-refractivity contribution >= 4 is 59.9 Å². The van der Waals surface area contributed by atoms with Gasteiger partial charge in [0, 0.05) is 35.0 Å². The van der Waals surface area contributed by atoms with Crippen LogP contribution in [0.15, 0.2) is 30.5 Å². The molecule has 0 bridgehead atoms. The third-order valence-corrected chi connectivity index (χ3v) is 6.61. The molecule has 2 aromatic rings. The minimum atomic E-state index is -1.23. The Kier molecular flexibility index (Phi) is 10.9. The maximum Gasteiger partial charge on any atom is 0.327 e. The van der Waals surface area contributed by atoms with Crippen LogP contribution in [-0.4, -0.2) is 69.5 Å². The van der Waals surface area contributed by atoms with Crippen LogP contribution < -0.4 is 21.7 Å². The first-order chi connectivity index (χ1) is 16.6. The van der Waals surface area contributed by atoms with Crippen molar-refractivity contribution in [1.29, 1.82) is 0 Å². The predicted molar refractivity (Wildman–Crippen MR) is 141 cm³/mol. The van der Waals surface area contributed by atoms with E-state index in [1.807, 2.05) is 31.2 Å². The Morgan fingerprint density at radius 1 is 1.00 bits per heavy atom. The highest BCUT2D eigenvalue weighted by atomic mass is 32.1. The van der Waals surface area contributed by atoms with Crippen molar-refractivity contribution in [2.75, 3.05) is 11.5 Å². The van der Waals surface area contributed by atoms with E-state index >= 15 is 0 Å². The third-order valence-electron chi connectivity index (χ3n) is 5.86. The predicted octanol–water partition coefficient (Wildman–Crippen LogP) is 0.482. The number of amides is 3. The van der Waals surface area contributed by atoms with Crippen molar-refractivity contribution < 1.29 is 24.3 Å². The summed E-state index contributed by atoms with van der Waals surface area (Å²) in [6.07, 6.45) is 2.45. The molecule has 2 rings (SSSR count). The molecule has 0 aliphatic heterocycles. The third kappa shape index (κ3) is 7.64. The maximum atomic E-state index is 13.4. The number of carboxylic acids is 1. The van der Waals surface area contributed by atoms with Crippen LogP contribution in [0.4, 0.5) is 0 Å². The molecular formula is C23H33N5O5S2. The van der Waals surface area contributed by atoms with E-state index in [1.165, 1.54) is 0 Å². The number of carboxylic acid groups (broad SMARTS) is 1. The lowest BCUT2D eigenvalue weighted by Crippen LogP contribution is -2.59. The molecule has 1 aromatic heterocycles. The Morgan fingerprint density at radius 2 is 1.66 bits per heavy atom. The van der Waals surface area contributed by atoms with Crippen LogP contribution in [0.2, 0.25) is 0 Å². The first-order valence-corrected chi connectivity index (χ1v) is 12.6. The Labute approximate surface area is 215 Å². The smallest absolute Gasteiger partial charge is 0.327 e. The lowest BCUT2D eigenvalue weighted by Gasteiger charge is -2.28. The van der Waals surface area contributed by atoms with Gasteiger partial charge in [-0.1, -0.05) is 38.5 Å². The molecule has 3 amide bonds. The molecule has 0 saturated heterocycles. The number of nitrogens with two attached hydrogens (primary N) is 1. The number of nitrogens with one attached hydrogen (secondary N) is 4. The van der Waals surface area contributed by atoms with Crippen molar-refractivity contribution in [2.24, 2.45) is 11.7 Å². The Balaban J connectivity index is 2.30. The van der Waals surface area contributed by atoms with Gasteiger partial charge in [-0.15, -0.1) is 0 Å². The minimum absolute atomic E-state index is 0.0888. The van der Waals surface area contributed by atoms with Crippen LogP contribution in [0.25, 0.3) is 10.9 Å². The van der Waals surface area contributed by atoms with Gasteiger partial charge in [-0.2, -0.15) is 25.3 Å². The lowest BCUT2D eigenvalue weighted by molar-refractivity contribution is -0.142. The van der Waals surface area contributed by atoms with E-state index in [4.69, 9.17) is 5.73 Å². The number of hydrogen-bond acceptors (Lipinski definition) is 7. The molecule has 192 valence electrons. The fourth-order valence-electron chi connectivity index (χ4n) is 3.49. The van der Waals surface area contributed by atoms with E-state index in [-0.39, 0.29) is 23.8 Å². The lowest BCUT2D eigenvalue weighted by atomic mass is 9.96. The Morgan fingerprint density at radius 3 is 2.26 bits per heavy atom. The summed E-state index contributed by atoms with van der Waals surface area (Å²) >= 11 is 8.02. The van der Waals surface area contributed by atoms with Crippen LogP contribution in [0.5, 0.6) is 0 Å². The molecule has 7 N–H and O–H groups in total. The molecule has 5 unspecified atom stereocenters. The zero-order valence-electron chi connectivity index (χ0n) is 19.7. The van der Waals surface area contributed by atoms with Gasteiger partial charge in [-0.05, 0) is 17.5 Å². The second-order valence-corrected chi connectivity index (χ2v) is 9.10. The van der Waals surface area contributed by atoms with Crippen LogP contribution in [-0.2, 0) is 25.6 Å². The average Bonchev–Trinajstić information content (AvgIpc) is 3.26. The Bertz CT molecular complexity index is 1050. The van der Waals surface area contributed by atoms with Crippen molar-refractivity contribution in [3.05, 3.63) is 36.0 Å². The molecule has 35 heavy (non-hydrogen) atoms. The first kappa shape index (κ1) is 28.5. The highest BCUT2D eigenvalue weighted by Gasteiger charge is 2.32. The zero-order chi connectivity index (χ0) is 26.1. The summed E-state index contributed by atoms with van der Waals surface area (Å²) in [5, 5.41) is 17.9. The van der Waals surface area contributed by atoms with E-state index in [0.29, 0.717) is 6.42 Å². The number of aromatic amines is 1. The van der Waals surface area contributed by atoms with Crippen molar-refractivity contribution in [3.63, 3.8) is 0 Å². The number of fused-ring (bicyclic) bond motifs is 1. The molecule has 1 heterocycles. The van der Waals surface area contributed by atoms with Crippen molar-refractivity contribution in [3.8, 4) is 0 Å². The van der Waals surface area contributed by atoms with Crippen LogP contribution in [0.1, 0.15) is 25.8 Å². The summed E-state index contributed by atoms with van der Waals surface area (Å²) in [6.45, 7) is 3.62. The van der Waals surface area contributed by atoms with Gasteiger partial charge >= 0.3 is 5.97 Å². The van der Waals surface area contributed by atoms with Gasteiger partial charge in [0.25, 0.3) is 0 Å². The largest absolute Gasteiger partial charge is 0.480 e. The van der Waals surface area contributed by atoms with Gasteiger partial charge in [-0.3, -0.25) is 14.4 Å². The standard InChI is InChI=1S/C23H33N5O5S2/c1-3-12(2)19(22(31)27-18(11-35)23(32)33)28-21(30)17(26-20(29)15(24)10-34)8-13-9-25-16-7-5-4-6-14(13)16/h4-7,9,12,15,17-19,25,34-35H,3,8,10-11,24H2,1-2H3,(H,26,29)(H,27,31)(H,28,30)(H,32,33). The highest BCUT2D eigenvalue weighted by molar-refractivity contribution is 7.80. The fourth-order valence-corrected chi connectivity index (χ4v) is 3.91. The SMILES string of the molecule is CCC(C)C(NC(=O)C(Cc1c[nH]c2ccccc12)NC(=O)C(N)CS)C(=O)NC(CS)C(=O)O. The maximum absolute atomic E-state index is 13.4. The normalized spacial score (nSPS) is 15.5. The molecular weight excluding hydrogens is 490 g/mol. The number of H-pyrrole nitrogens is 1. The summed E-state index contributed by atoms with van der Waals surface area (Å²) < 4.78 is 0. The van der Waals surface area contributed by atoms with Gasteiger partial charge < -0.3 is 31.8 Å². The van der Waals surface area contributed by atoms with Gasteiger partial charge in [-0.25, -0.2) is 4.79 Å².